The van der Waals surface area contributed by atoms with Crippen molar-refractivity contribution in [1.82, 2.24) is 0 Å². The average molecular weight is 198 g/mol. The monoisotopic (exact) mass is 198 g/mol. The molecule has 1 heterocycles. The summed E-state index contributed by atoms with van der Waals surface area (Å²) in [7, 11) is 0. The zero-order valence-electron chi connectivity index (χ0n) is 7.19. The molecule has 0 bridgehead atoms. The van der Waals surface area contributed by atoms with Crippen molar-refractivity contribution in [2.45, 2.75) is 13.3 Å². The maximum atomic E-state index is 10.7. The normalized spacial score (nSPS) is 11.3. The van der Waals surface area contributed by atoms with Crippen LogP contribution in [0.4, 0.5) is 0 Å². The second-order valence-corrected chi connectivity index (χ2v) is 3.22. The highest BCUT2D eigenvalue weighted by Gasteiger charge is 2.01. The Morgan fingerprint density at radius 3 is 3.08 bits per heavy atom. The van der Waals surface area contributed by atoms with Crippen LogP contribution in [0.1, 0.15) is 18.2 Å². The van der Waals surface area contributed by atoms with Gasteiger partial charge in [0.1, 0.15) is 0 Å². The summed E-state index contributed by atoms with van der Waals surface area (Å²) < 4.78 is 0. The quantitative estimate of drug-likeness (QED) is 0.345. The number of amidine groups is 1. The van der Waals surface area contributed by atoms with E-state index in [1.165, 1.54) is 11.3 Å². The van der Waals surface area contributed by atoms with Gasteiger partial charge in [0.25, 0.3) is 0 Å². The topological polar surface area (TPSA) is 64.7 Å². The molecule has 0 aliphatic rings. The number of nitrogens with two attached hydrogens (primary N) is 1. The summed E-state index contributed by atoms with van der Waals surface area (Å²) in [6, 6.07) is 3.66. The minimum Gasteiger partial charge on any atom is -0.380 e. The van der Waals surface area contributed by atoms with Crippen molar-refractivity contribution in [3.05, 3.63) is 22.4 Å². The zero-order valence-corrected chi connectivity index (χ0v) is 8.00. The predicted molar refractivity (Wildman–Crippen MR) is 51.4 cm³/mol. The Hall–Kier alpha value is -1.36. The summed E-state index contributed by atoms with van der Waals surface area (Å²) in [6.07, 6.45) is 0.293. The van der Waals surface area contributed by atoms with E-state index >= 15 is 0 Å². The third-order valence-corrected chi connectivity index (χ3v) is 2.20. The Labute approximate surface area is 80.0 Å². The van der Waals surface area contributed by atoms with Crippen LogP contribution in [0.5, 0.6) is 0 Å². The molecule has 5 heteroatoms. The molecule has 1 rings (SSSR count). The summed E-state index contributed by atoms with van der Waals surface area (Å²) in [4.78, 5) is 16.0. The van der Waals surface area contributed by atoms with Gasteiger partial charge >= 0.3 is 5.97 Å². The molecule has 0 spiro atoms. The molecule has 2 N–H and O–H groups in total. The Morgan fingerprint density at radius 1 is 1.77 bits per heavy atom. The fraction of sp³-hybridized carbons (Fsp3) is 0.250. The molecule has 0 saturated heterocycles. The summed E-state index contributed by atoms with van der Waals surface area (Å²) >= 11 is 1.44. The molecular weight excluding hydrogens is 188 g/mol. The highest BCUT2D eigenvalue weighted by molar-refractivity contribution is 7.12. The third kappa shape index (κ3) is 2.87. The third-order valence-electron chi connectivity index (χ3n) is 1.31. The molecule has 0 unspecified atom stereocenters. The van der Waals surface area contributed by atoms with Crippen LogP contribution in [0.15, 0.2) is 22.7 Å². The number of oxime groups is 1. The highest BCUT2D eigenvalue weighted by Crippen LogP contribution is 2.07. The molecule has 0 fully saturated rings. The molecule has 0 saturated carbocycles. The van der Waals surface area contributed by atoms with Crippen LogP contribution in [0.2, 0.25) is 0 Å². The zero-order chi connectivity index (χ0) is 9.68. The van der Waals surface area contributed by atoms with Gasteiger partial charge in [-0.15, -0.1) is 11.3 Å². The molecule has 0 atom stereocenters. The molecule has 0 aromatic carbocycles. The lowest BCUT2D eigenvalue weighted by atomic mass is 10.4. The van der Waals surface area contributed by atoms with Gasteiger partial charge in [0.2, 0.25) is 0 Å². The fourth-order valence-corrected chi connectivity index (χ4v) is 1.25. The van der Waals surface area contributed by atoms with E-state index in [4.69, 9.17) is 5.73 Å². The van der Waals surface area contributed by atoms with E-state index < -0.39 is 0 Å². The van der Waals surface area contributed by atoms with Crippen molar-refractivity contribution in [3.63, 3.8) is 0 Å². The van der Waals surface area contributed by atoms with Crippen LogP contribution in [0.3, 0.4) is 0 Å². The summed E-state index contributed by atoms with van der Waals surface area (Å²) in [5.41, 5.74) is 5.53. The number of thiophene rings is 1. The largest absolute Gasteiger partial charge is 0.380 e. The summed E-state index contributed by atoms with van der Waals surface area (Å²) in [6.45, 7) is 1.69. The van der Waals surface area contributed by atoms with Gasteiger partial charge in [0, 0.05) is 6.42 Å². The summed E-state index contributed by atoms with van der Waals surface area (Å²) in [5, 5.41) is 5.37. The Balaban J connectivity index is 2.57. The van der Waals surface area contributed by atoms with Gasteiger partial charge in [-0.1, -0.05) is 18.1 Å². The van der Waals surface area contributed by atoms with Crippen molar-refractivity contribution >= 4 is 23.1 Å². The number of rotatable bonds is 3. The Bertz CT molecular complexity index is 306. The van der Waals surface area contributed by atoms with Gasteiger partial charge in [0.05, 0.1) is 4.88 Å². The molecule has 0 aliphatic heterocycles. The van der Waals surface area contributed by atoms with Gasteiger partial charge in [-0.3, -0.25) is 0 Å². The Kier molecular flexibility index (Phi) is 3.45. The smallest absolute Gasteiger partial charge is 0.334 e. The van der Waals surface area contributed by atoms with Crippen LogP contribution >= 0.6 is 11.3 Å². The average Bonchev–Trinajstić information content (AvgIpc) is 2.66. The van der Waals surface area contributed by atoms with E-state index in [1.54, 1.807) is 6.92 Å². The molecule has 0 amide bonds. The van der Waals surface area contributed by atoms with Gasteiger partial charge in [-0.2, -0.15) is 0 Å². The second kappa shape index (κ2) is 4.61. The molecule has 1 aromatic heterocycles. The number of hydrogen-bond donors (Lipinski definition) is 1. The van der Waals surface area contributed by atoms with Crippen LogP contribution in [-0.4, -0.2) is 11.8 Å². The standard InChI is InChI=1S/C8H10N2O2S/c1-2-7(11)12-10-8(9)6-4-3-5-13-6/h3-5H,2H2,1H3,(H2,9,10). The number of carbonyl (C=O) groups is 1. The Morgan fingerprint density at radius 2 is 2.54 bits per heavy atom. The highest BCUT2D eigenvalue weighted by atomic mass is 32.1. The fourth-order valence-electron chi connectivity index (χ4n) is 0.634. The van der Waals surface area contributed by atoms with E-state index in [1.807, 2.05) is 17.5 Å². The van der Waals surface area contributed by atoms with Crippen molar-refractivity contribution in [2.24, 2.45) is 10.9 Å². The SMILES string of the molecule is CCC(=O)O/N=C(\N)c1cccs1. The number of nitrogens with zero attached hydrogens (tertiary/aromatic N) is 1. The molecule has 0 radical (unpaired) electrons. The van der Waals surface area contributed by atoms with Crippen molar-refractivity contribution in [1.29, 1.82) is 0 Å². The first-order valence-corrected chi connectivity index (χ1v) is 4.69. The molecule has 1 aromatic rings. The first-order valence-electron chi connectivity index (χ1n) is 3.81. The molecular formula is C8H10N2O2S. The molecule has 0 aliphatic carbocycles. The lowest BCUT2D eigenvalue weighted by molar-refractivity contribution is -0.143. The van der Waals surface area contributed by atoms with E-state index in [0.29, 0.717) is 6.42 Å². The number of carbonyl (C=O) groups excluding carboxylic acids is 1. The lowest BCUT2D eigenvalue weighted by Crippen LogP contribution is -2.13. The van der Waals surface area contributed by atoms with Crippen molar-refractivity contribution < 1.29 is 9.63 Å². The van der Waals surface area contributed by atoms with E-state index in [0.717, 1.165) is 4.88 Å². The minimum absolute atomic E-state index is 0.233. The minimum atomic E-state index is -0.389. The van der Waals surface area contributed by atoms with E-state index in [2.05, 4.69) is 9.99 Å². The number of hydrogen-bond acceptors (Lipinski definition) is 4. The van der Waals surface area contributed by atoms with E-state index in [-0.39, 0.29) is 11.8 Å². The van der Waals surface area contributed by atoms with Crippen LogP contribution in [0, 0.1) is 0 Å². The second-order valence-electron chi connectivity index (χ2n) is 2.27. The first-order chi connectivity index (χ1) is 6.24. The van der Waals surface area contributed by atoms with Crippen molar-refractivity contribution in [3.8, 4) is 0 Å². The van der Waals surface area contributed by atoms with Gasteiger partial charge in [-0.25, -0.2) is 4.79 Å². The van der Waals surface area contributed by atoms with Crippen LogP contribution in [-0.2, 0) is 9.63 Å². The lowest BCUT2D eigenvalue weighted by Gasteiger charge is -1.95. The van der Waals surface area contributed by atoms with E-state index in [9.17, 15) is 4.79 Å². The predicted octanol–water partition coefficient (Wildman–Crippen LogP) is 1.32. The summed E-state index contributed by atoms with van der Waals surface area (Å²) in [5.74, 6) is -0.156. The maximum absolute atomic E-state index is 10.7. The van der Waals surface area contributed by atoms with Crippen LogP contribution in [0.25, 0.3) is 0 Å². The molecule has 4 nitrogen and oxygen atoms in total. The molecule has 13 heavy (non-hydrogen) atoms. The van der Waals surface area contributed by atoms with Gasteiger partial charge in [0.15, 0.2) is 5.84 Å². The van der Waals surface area contributed by atoms with Gasteiger partial charge in [-0.05, 0) is 11.4 Å². The maximum Gasteiger partial charge on any atom is 0.334 e. The molecule has 70 valence electrons. The van der Waals surface area contributed by atoms with Gasteiger partial charge < -0.3 is 10.6 Å². The first kappa shape index (κ1) is 9.73. The van der Waals surface area contributed by atoms with Crippen LogP contribution < -0.4 is 5.73 Å². The van der Waals surface area contributed by atoms with Crippen molar-refractivity contribution in [2.75, 3.05) is 0 Å².